The van der Waals surface area contributed by atoms with Crippen LogP contribution in [-0.2, 0) is 16.0 Å². The van der Waals surface area contributed by atoms with Crippen molar-refractivity contribution < 1.29 is 9.59 Å². The summed E-state index contributed by atoms with van der Waals surface area (Å²) in [6.45, 7) is 3.92. The number of unbranched alkanes of at least 4 members (excludes halogenated alkanes) is 2. The number of nitrogens with two attached hydrogens (primary N) is 1. The second-order valence-electron chi connectivity index (χ2n) is 6.46. The van der Waals surface area contributed by atoms with E-state index >= 15 is 0 Å². The van der Waals surface area contributed by atoms with Crippen molar-refractivity contribution in [3.8, 4) is 0 Å². The maximum Gasteiger partial charge on any atom is 0.227 e. The predicted molar refractivity (Wildman–Crippen MR) is 104 cm³/mol. The Balaban J connectivity index is 0.00000312. The monoisotopic (exact) mass is 367 g/mol. The van der Waals surface area contributed by atoms with Crippen LogP contribution in [0.4, 0.5) is 5.69 Å². The van der Waals surface area contributed by atoms with Crippen molar-refractivity contribution in [3.05, 3.63) is 29.8 Å². The number of anilines is 1. The minimum atomic E-state index is -0.254. The molecule has 0 radical (unpaired) electrons. The molecule has 3 N–H and O–H groups in total. The van der Waals surface area contributed by atoms with Crippen molar-refractivity contribution in [2.45, 2.75) is 45.4 Å². The molecule has 0 aliphatic carbocycles. The van der Waals surface area contributed by atoms with Crippen LogP contribution in [0.1, 0.15) is 44.6 Å². The molecule has 1 aliphatic rings. The first kappa shape index (κ1) is 21.5. The molecule has 1 aromatic carbocycles. The van der Waals surface area contributed by atoms with E-state index in [0.717, 1.165) is 24.9 Å². The molecular formula is C19H30ClN3O2. The molecule has 0 spiro atoms. The van der Waals surface area contributed by atoms with Crippen LogP contribution in [0.15, 0.2) is 24.3 Å². The van der Waals surface area contributed by atoms with Gasteiger partial charge in [0.05, 0.1) is 5.92 Å². The predicted octanol–water partition coefficient (Wildman–Crippen LogP) is 2.66. The van der Waals surface area contributed by atoms with Gasteiger partial charge >= 0.3 is 0 Å². The Morgan fingerprint density at radius 1 is 1.24 bits per heavy atom. The Morgan fingerprint density at radius 3 is 2.60 bits per heavy atom. The van der Waals surface area contributed by atoms with Gasteiger partial charge in [0.15, 0.2) is 0 Å². The third kappa shape index (κ3) is 6.33. The Bertz CT molecular complexity index is 548. The fourth-order valence-electron chi connectivity index (χ4n) is 2.98. The van der Waals surface area contributed by atoms with Gasteiger partial charge in [0.25, 0.3) is 0 Å². The Kier molecular flexibility index (Phi) is 9.53. The molecule has 0 aromatic heterocycles. The van der Waals surface area contributed by atoms with Gasteiger partial charge in [-0.2, -0.15) is 0 Å². The number of benzene rings is 1. The van der Waals surface area contributed by atoms with E-state index in [-0.39, 0.29) is 30.1 Å². The Labute approximate surface area is 156 Å². The molecule has 25 heavy (non-hydrogen) atoms. The van der Waals surface area contributed by atoms with Crippen LogP contribution in [0, 0.1) is 5.92 Å². The van der Waals surface area contributed by atoms with Gasteiger partial charge in [-0.3, -0.25) is 9.59 Å². The van der Waals surface area contributed by atoms with Gasteiger partial charge in [-0.25, -0.2) is 0 Å². The van der Waals surface area contributed by atoms with Crippen LogP contribution in [0.2, 0.25) is 0 Å². The van der Waals surface area contributed by atoms with Gasteiger partial charge in [0, 0.05) is 25.2 Å². The minimum Gasteiger partial charge on any atom is -0.356 e. The Morgan fingerprint density at radius 2 is 1.96 bits per heavy atom. The third-order valence-corrected chi connectivity index (χ3v) is 4.49. The van der Waals surface area contributed by atoms with Crippen molar-refractivity contribution >= 4 is 29.9 Å². The summed E-state index contributed by atoms with van der Waals surface area (Å²) in [5, 5.41) is 2.91. The number of carbonyl (C=O) groups excluding carboxylic acids is 2. The van der Waals surface area contributed by atoms with Crippen molar-refractivity contribution in [2.75, 3.05) is 24.5 Å². The molecule has 1 atom stereocenters. The lowest BCUT2D eigenvalue weighted by Gasteiger charge is -2.17. The molecular weight excluding hydrogens is 338 g/mol. The summed E-state index contributed by atoms with van der Waals surface area (Å²) in [6.07, 6.45) is 5.49. The quantitative estimate of drug-likeness (QED) is 0.659. The molecule has 2 rings (SSSR count). The standard InChI is InChI=1S/C19H29N3O2.ClH/c1-2-3-6-15-7-9-17(10-8-15)22-14-16(13-18(22)23)19(24)21-12-5-4-11-20;/h7-10,16H,2-6,11-14,20H2,1H3,(H,21,24);1H. The fraction of sp³-hybridized carbons (Fsp3) is 0.579. The summed E-state index contributed by atoms with van der Waals surface area (Å²) in [4.78, 5) is 26.2. The molecule has 1 heterocycles. The van der Waals surface area contributed by atoms with Crippen LogP contribution in [-0.4, -0.2) is 31.4 Å². The van der Waals surface area contributed by atoms with Gasteiger partial charge in [-0.05, 0) is 49.9 Å². The smallest absolute Gasteiger partial charge is 0.227 e. The second kappa shape index (κ2) is 11.1. The van der Waals surface area contributed by atoms with E-state index in [0.29, 0.717) is 26.1 Å². The van der Waals surface area contributed by atoms with Gasteiger partial charge < -0.3 is 16.0 Å². The summed E-state index contributed by atoms with van der Waals surface area (Å²) in [5.74, 6) is -0.254. The highest BCUT2D eigenvalue weighted by Crippen LogP contribution is 2.25. The first-order valence-electron chi connectivity index (χ1n) is 9.02. The average Bonchev–Trinajstić information content (AvgIpc) is 2.99. The van der Waals surface area contributed by atoms with Crippen molar-refractivity contribution in [1.82, 2.24) is 5.32 Å². The van der Waals surface area contributed by atoms with Gasteiger partial charge in [0.2, 0.25) is 11.8 Å². The van der Waals surface area contributed by atoms with Gasteiger partial charge in [-0.15, -0.1) is 12.4 Å². The summed E-state index contributed by atoms with van der Waals surface area (Å²) in [5.41, 5.74) is 7.62. The maximum absolute atomic E-state index is 12.3. The first-order chi connectivity index (χ1) is 11.7. The van der Waals surface area contributed by atoms with Crippen LogP contribution in [0.3, 0.4) is 0 Å². The number of halogens is 1. The molecule has 0 saturated carbocycles. The lowest BCUT2D eigenvalue weighted by Crippen LogP contribution is -2.33. The third-order valence-electron chi connectivity index (χ3n) is 4.49. The van der Waals surface area contributed by atoms with E-state index in [2.05, 4.69) is 24.4 Å². The zero-order chi connectivity index (χ0) is 17.4. The number of nitrogens with one attached hydrogen (secondary N) is 1. The number of rotatable bonds is 9. The van der Waals surface area contributed by atoms with E-state index < -0.39 is 0 Å². The SMILES string of the molecule is CCCCc1ccc(N2CC(C(=O)NCCCCN)CC2=O)cc1.Cl. The highest BCUT2D eigenvalue weighted by molar-refractivity contribution is 6.00. The summed E-state index contributed by atoms with van der Waals surface area (Å²) in [6, 6.07) is 8.14. The zero-order valence-corrected chi connectivity index (χ0v) is 15.8. The molecule has 1 unspecified atom stereocenters. The van der Waals surface area contributed by atoms with Gasteiger partial charge in [0.1, 0.15) is 0 Å². The molecule has 1 saturated heterocycles. The topological polar surface area (TPSA) is 75.4 Å². The number of nitrogens with zero attached hydrogens (tertiary/aromatic N) is 1. The number of amides is 2. The van der Waals surface area contributed by atoms with Crippen LogP contribution in [0.25, 0.3) is 0 Å². The molecule has 5 nitrogen and oxygen atoms in total. The molecule has 1 fully saturated rings. The molecule has 1 aromatic rings. The first-order valence-corrected chi connectivity index (χ1v) is 9.02. The lowest BCUT2D eigenvalue weighted by atomic mass is 10.1. The minimum absolute atomic E-state index is 0. The van der Waals surface area contributed by atoms with Crippen molar-refractivity contribution in [1.29, 1.82) is 0 Å². The lowest BCUT2D eigenvalue weighted by molar-refractivity contribution is -0.126. The molecule has 0 bridgehead atoms. The normalized spacial score (nSPS) is 16.6. The zero-order valence-electron chi connectivity index (χ0n) is 15.0. The van der Waals surface area contributed by atoms with E-state index in [1.807, 2.05) is 12.1 Å². The van der Waals surface area contributed by atoms with Crippen molar-refractivity contribution in [3.63, 3.8) is 0 Å². The largest absolute Gasteiger partial charge is 0.356 e. The van der Waals surface area contributed by atoms with Crippen LogP contribution < -0.4 is 16.0 Å². The van der Waals surface area contributed by atoms with E-state index in [4.69, 9.17) is 5.73 Å². The number of carbonyl (C=O) groups is 2. The molecule has 1 aliphatic heterocycles. The molecule has 2 amide bonds. The van der Waals surface area contributed by atoms with Crippen LogP contribution >= 0.6 is 12.4 Å². The summed E-state index contributed by atoms with van der Waals surface area (Å²) in [7, 11) is 0. The van der Waals surface area contributed by atoms with E-state index in [1.54, 1.807) is 4.90 Å². The average molecular weight is 368 g/mol. The van der Waals surface area contributed by atoms with Crippen molar-refractivity contribution in [2.24, 2.45) is 11.7 Å². The molecule has 6 heteroatoms. The Hall–Kier alpha value is -1.59. The number of hydrogen-bond acceptors (Lipinski definition) is 3. The highest BCUT2D eigenvalue weighted by Gasteiger charge is 2.34. The summed E-state index contributed by atoms with van der Waals surface area (Å²) < 4.78 is 0. The van der Waals surface area contributed by atoms with Crippen LogP contribution in [0.5, 0.6) is 0 Å². The number of hydrogen-bond donors (Lipinski definition) is 2. The van der Waals surface area contributed by atoms with E-state index in [9.17, 15) is 9.59 Å². The van der Waals surface area contributed by atoms with Gasteiger partial charge in [-0.1, -0.05) is 25.5 Å². The highest BCUT2D eigenvalue weighted by atomic mass is 35.5. The maximum atomic E-state index is 12.3. The second-order valence-corrected chi connectivity index (χ2v) is 6.46. The molecule has 140 valence electrons. The summed E-state index contributed by atoms with van der Waals surface area (Å²) >= 11 is 0. The van der Waals surface area contributed by atoms with E-state index in [1.165, 1.54) is 18.4 Å². The fourth-order valence-corrected chi connectivity index (χ4v) is 2.98. The number of aryl methyl sites for hydroxylation is 1.